The van der Waals surface area contributed by atoms with Gasteiger partial charge in [-0.1, -0.05) is 51.2 Å². The van der Waals surface area contributed by atoms with Gasteiger partial charge in [0.1, 0.15) is 5.60 Å². The number of hydrogen-bond acceptors (Lipinski definition) is 1. The lowest BCUT2D eigenvalue weighted by molar-refractivity contribution is 0.0610. The SMILES string of the molecule is CC(C)(C)c1ccc(C#CC2(O)CCCCC2)cc1. The van der Waals surface area contributed by atoms with Gasteiger partial charge in [0.25, 0.3) is 0 Å². The van der Waals surface area contributed by atoms with Crippen molar-refractivity contribution >= 4 is 0 Å². The van der Waals surface area contributed by atoms with Crippen molar-refractivity contribution in [3.05, 3.63) is 35.4 Å². The molecule has 1 saturated carbocycles. The number of rotatable bonds is 0. The maximum absolute atomic E-state index is 10.3. The van der Waals surface area contributed by atoms with Crippen LogP contribution in [0.25, 0.3) is 0 Å². The molecule has 1 nitrogen and oxygen atoms in total. The Bertz CT molecular complexity index is 473. The highest BCUT2D eigenvalue weighted by Gasteiger charge is 2.26. The summed E-state index contributed by atoms with van der Waals surface area (Å²) >= 11 is 0. The Labute approximate surface area is 117 Å². The van der Waals surface area contributed by atoms with Gasteiger partial charge < -0.3 is 5.11 Å². The van der Waals surface area contributed by atoms with Crippen LogP contribution in [0.4, 0.5) is 0 Å². The summed E-state index contributed by atoms with van der Waals surface area (Å²) in [5.41, 5.74) is 1.73. The van der Waals surface area contributed by atoms with Gasteiger partial charge in [-0.2, -0.15) is 0 Å². The maximum Gasteiger partial charge on any atom is 0.125 e. The van der Waals surface area contributed by atoms with Crippen molar-refractivity contribution in [3.8, 4) is 11.8 Å². The zero-order chi connectivity index (χ0) is 13.9. The van der Waals surface area contributed by atoms with E-state index < -0.39 is 5.60 Å². The van der Waals surface area contributed by atoms with Gasteiger partial charge in [-0.25, -0.2) is 0 Å². The summed E-state index contributed by atoms with van der Waals surface area (Å²) in [6.07, 6.45) is 5.05. The van der Waals surface area contributed by atoms with Crippen molar-refractivity contribution in [2.45, 2.75) is 63.9 Å². The average molecular weight is 256 g/mol. The first kappa shape index (κ1) is 14.2. The molecule has 0 amide bonds. The molecule has 0 spiro atoms. The molecule has 0 saturated heterocycles. The lowest BCUT2D eigenvalue weighted by atomic mass is 9.85. The molecule has 2 rings (SSSR count). The van der Waals surface area contributed by atoms with E-state index in [1.807, 2.05) is 0 Å². The Kier molecular flexibility index (Phi) is 4.02. The molecule has 1 heteroatoms. The number of benzene rings is 1. The minimum Gasteiger partial charge on any atom is -0.378 e. The molecule has 1 aromatic rings. The van der Waals surface area contributed by atoms with E-state index in [2.05, 4.69) is 56.9 Å². The first-order chi connectivity index (χ1) is 8.89. The molecule has 1 fully saturated rings. The normalized spacial score (nSPS) is 18.5. The van der Waals surface area contributed by atoms with E-state index in [-0.39, 0.29) is 5.41 Å². The predicted molar refractivity (Wildman–Crippen MR) is 80.1 cm³/mol. The Hall–Kier alpha value is -1.26. The molecule has 0 unspecified atom stereocenters. The van der Waals surface area contributed by atoms with Crippen LogP contribution < -0.4 is 0 Å². The Morgan fingerprint density at radius 1 is 1.00 bits per heavy atom. The summed E-state index contributed by atoms with van der Waals surface area (Å²) in [5.74, 6) is 6.21. The quantitative estimate of drug-likeness (QED) is 0.695. The van der Waals surface area contributed by atoms with Gasteiger partial charge in [-0.15, -0.1) is 0 Å². The molecule has 0 radical (unpaired) electrons. The highest BCUT2D eigenvalue weighted by atomic mass is 16.3. The molecule has 0 aromatic heterocycles. The summed E-state index contributed by atoms with van der Waals surface area (Å²) in [7, 11) is 0. The summed E-state index contributed by atoms with van der Waals surface area (Å²) < 4.78 is 0. The molecule has 102 valence electrons. The third-order valence-electron chi connectivity index (χ3n) is 3.87. The van der Waals surface area contributed by atoms with Gasteiger partial charge in [0.2, 0.25) is 0 Å². The van der Waals surface area contributed by atoms with E-state index in [1.54, 1.807) is 0 Å². The second-order valence-electron chi connectivity index (χ2n) is 6.67. The average Bonchev–Trinajstić information content (AvgIpc) is 2.37. The molecule has 0 bridgehead atoms. The van der Waals surface area contributed by atoms with Crippen LogP contribution in [0, 0.1) is 11.8 Å². The Morgan fingerprint density at radius 3 is 2.11 bits per heavy atom. The molecule has 0 aliphatic heterocycles. The van der Waals surface area contributed by atoms with Crippen LogP contribution in [0.3, 0.4) is 0 Å². The Morgan fingerprint density at radius 2 is 1.58 bits per heavy atom. The minimum absolute atomic E-state index is 0.174. The van der Waals surface area contributed by atoms with E-state index in [9.17, 15) is 5.11 Å². The molecule has 0 heterocycles. The van der Waals surface area contributed by atoms with Crippen LogP contribution in [-0.4, -0.2) is 10.7 Å². The van der Waals surface area contributed by atoms with Crippen LogP contribution >= 0.6 is 0 Å². The fourth-order valence-electron chi connectivity index (χ4n) is 2.50. The number of aliphatic hydroxyl groups is 1. The largest absolute Gasteiger partial charge is 0.378 e. The van der Waals surface area contributed by atoms with E-state index in [4.69, 9.17) is 0 Å². The van der Waals surface area contributed by atoms with Crippen LogP contribution in [0.15, 0.2) is 24.3 Å². The van der Waals surface area contributed by atoms with Crippen LogP contribution in [-0.2, 0) is 5.41 Å². The van der Waals surface area contributed by atoms with E-state index >= 15 is 0 Å². The molecule has 0 atom stereocenters. The lowest BCUT2D eigenvalue weighted by Gasteiger charge is -2.26. The van der Waals surface area contributed by atoms with Crippen LogP contribution in [0.5, 0.6) is 0 Å². The van der Waals surface area contributed by atoms with Crippen molar-refractivity contribution < 1.29 is 5.11 Å². The second-order valence-corrected chi connectivity index (χ2v) is 6.67. The standard InChI is InChI=1S/C18H24O/c1-17(2,3)16-9-7-15(8-10-16)11-14-18(19)12-5-4-6-13-18/h7-10,19H,4-6,12-13H2,1-3H3. The zero-order valence-electron chi connectivity index (χ0n) is 12.3. The molecule has 1 aliphatic carbocycles. The van der Waals surface area contributed by atoms with Crippen molar-refractivity contribution in [1.82, 2.24) is 0 Å². The van der Waals surface area contributed by atoms with Gasteiger partial charge in [-0.05, 0) is 48.8 Å². The fourth-order valence-corrected chi connectivity index (χ4v) is 2.50. The first-order valence-electron chi connectivity index (χ1n) is 7.25. The van der Waals surface area contributed by atoms with Crippen molar-refractivity contribution in [2.75, 3.05) is 0 Å². The van der Waals surface area contributed by atoms with Gasteiger partial charge in [0, 0.05) is 5.56 Å². The second kappa shape index (κ2) is 5.39. The molecular formula is C18H24O. The fraction of sp³-hybridized carbons (Fsp3) is 0.556. The number of hydrogen-bond donors (Lipinski definition) is 1. The predicted octanol–water partition coefficient (Wildman–Crippen LogP) is 4.03. The zero-order valence-corrected chi connectivity index (χ0v) is 12.3. The van der Waals surface area contributed by atoms with Crippen molar-refractivity contribution in [1.29, 1.82) is 0 Å². The molecular weight excluding hydrogens is 232 g/mol. The van der Waals surface area contributed by atoms with E-state index in [1.165, 1.54) is 12.0 Å². The smallest absolute Gasteiger partial charge is 0.125 e. The van der Waals surface area contributed by atoms with Gasteiger partial charge in [0.05, 0.1) is 0 Å². The third kappa shape index (κ3) is 3.85. The first-order valence-corrected chi connectivity index (χ1v) is 7.25. The van der Waals surface area contributed by atoms with Crippen LogP contribution in [0.2, 0.25) is 0 Å². The molecule has 1 N–H and O–H groups in total. The van der Waals surface area contributed by atoms with Gasteiger partial charge in [-0.3, -0.25) is 0 Å². The minimum atomic E-state index is -0.749. The Balaban J connectivity index is 2.12. The summed E-state index contributed by atoms with van der Waals surface area (Å²) in [4.78, 5) is 0. The summed E-state index contributed by atoms with van der Waals surface area (Å²) in [5, 5.41) is 10.3. The molecule has 19 heavy (non-hydrogen) atoms. The van der Waals surface area contributed by atoms with Crippen molar-refractivity contribution in [3.63, 3.8) is 0 Å². The third-order valence-corrected chi connectivity index (χ3v) is 3.87. The lowest BCUT2D eigenvalue weighted by Crippen LogP contribution is -2.29. The summed E-state index contributed by atoms with van der Waals surface area (Å²) in [6.45, 7) is 6.62. The van der Waals surface area contributed by atoms with E-state index in [0.717, 1.165) is 31.2 Å². The highest BCUT2D eigenvalue weighted by Crippen LogP contribution is 2.27. The van der Waals surface area contributed by atoms with Gasteiger partial charge in [0.15, 0.2) is 0 Å². The molecule has 1 aromatic carbocycles. The maximum atomic E-state index is 10.3. The molecule has 1 aliphatic rings. The highest BCUT2D eigenvalue weighted by molar-refractivity contribution is 5.39. The monoisotopic (exact) mass is 256 g/mol. The van der Waals surface area contributed by atoms with Gasteiger partial charge >= 0.3 is 0 Å². The van der Waals surface area contributed by atoms with E-state index in [0.29, 0.717) is 0 Å². The topological polar surface area (TPSA) is 20.2 Å². The van der Waals surface area contributed by atoms with Crippen molar-refractivity contribution in [2.24, 2.45) is 0 Å². The van der Waals surface area contributed by atoms with Crippen LogP contribution in [0.1, 0.15) is 64.0 Å². The summed E-state index contributed by atoms with van der Waals surface area (Å²) in [6, 6.07) is 8.38.